The molecule has 1 aromatic carbocycles. The molecule has 1 fully saturated rings. The minimum atomic E-state index is -3.41. The average Bonchev–Trinajstić information content (AvgIpc) is 2.48. The quantitative estimate of drug-likeness (QED) is 0.909. The van der Waals surface area contributed by atoms with E-state index in [0.29, 0.717) is 18.0 Å². The van der Waals surface area contributed by atoms with Crippen LogP contribution in [0, 0.1) is 6.92 Å². The van der Waals surface area contributed by atoms with Crippen molar-refractivity contribution < 1.29 is 8.42 Å². The summed E-state index contributed by atoms with van der Waals surface area (Å²) in [6.45, 7) is 4.81. The number of aryl methyl sites for hydroxylation is 1. The molecule has 0 atom stereocenters. The third-order valence-corrected chi connectivity index (χ3v) is 6.46. The summed E-state index contributed by atoms with van der Waals surface area (Å²) < 4.78 is 27.5. The Hall–Kier alpha value is -0.910. The third kappa shape index (κ3) is 3.47. The van der Waals surface area contributed by atoms with Gasteiger partial charge in [-0.05, 0) is 43.0 Å². The van der Waals surface area contributed by atoms with E-state index in [1.807, 2.05) is 19.9 Å². The van der Waals surface area contributed by atoms with Gasteiger partial charge in [0.25, 0.3) is 0 Å². The molecule has 0 aromatic heterocycles. The summed E-state index contributed by atoms with van der Waals surface area (Å²) in [5.41, 5.74) is 7.59. The molecular weight excluding hydrogens is 284 g/mol. The van der Waals surface area contributed by atoms with Gasteiger partial charge >= 0.3 is 0 Å². The van der Waals surface area contributed by atoms with Crippen LogP contribution in [0.2, 0.25) is 0 Å². The highest BCUT2D eigenvalue weighted by molar-refractivity contribution is 7.89. The van der Waals surface area contributed by atoms with Gasteiger partial charge in [0.05, 0.1) is 4.90 Å². The number of sulfonamides is 1. The van der Waals surface area contributed by atoms with Gasteiger partial charge in [-0.3, -0.25) is 0 Å². The first-order valence-corrected chi connectivity index (χ1v) is 9.26. The van der Waals surface area contributed by atoms with Crippen molar-refractivity contribution in [1.29, 1.82) is 0 Å². The number of nitrogens with two attached hydrogens (primary N) is 1. The van der Waals surface area contributed by atoms with Gasteiger partial charge in [-0.25, -0.2) is 8.42 Å². The summed E-state index contributed by atoms with van der Waals surface area (Å²) in [5.74, 6) is 0. The molecule has 0 amide bonds. The molecule has 118 valence electrons. The van der Waals surface area contributed by atoms with Crippen molar-refractivity contribution in [3.8, 4) is 0 Å². The summed E-state index contributed by atoms with van der Waals surface area (Å²) in [7, 11) is -3.41. The zero-order valence-electron chi connectivity index (χ0n) is 13.0. The lowest BCUT2D eigenvalue weighted by molar-refractivity contribution is 0.261. The molecular formula is C16H26N2O2S. The summed E-state index contributed by atoms with van der Waals surface area (Å²) in [6, 6.07) is 5.43. The van der Waals surface area contributed by atoms with Crippen molar-refractivity contribution in [3.05, 3.63) is 29.3 Å². The van der Waals surface area contributed by atoms with Gasteiger partial charge in [0.2, 0.25) is 10.0 Å². The molecule has 4 nitrogen and oxygen atoms in total. The molecule has 5 heteroatoms. The molecule has 0 aliphatic heterocycles. The molecule has 0 heterocycles. The fourth-order valence-electron chi connectivity index (χ4n) is 3.19. The fourth-order valence-corrected chi connectivity index (χ4v) is 4.97. The molecule has 21 heavy (non-hydrogen) atoms. The Balaban J connectivity index is 2.32. The second-order valence-electron chi connectivity index (χ2n) is 5.79. The van der Waals surface area contributed by atoms with Crippen LogP contribution in [0.5, 0.6) is 0 Å². The molecule has 1 aliphatic rings. The van der Waals surface area contributed by atoms with Crippen LogP contribution < -0.4 is 5.73 Å². The number of hydrogen-bond acceptors (Lipinski definition) is 3. The molecule has 0 bridgehead atoms. The van der Waals surface area contributed by atoms with Gasteiger partial charge in [-0.15, -0.1) is 0 Å². The van der Waals surface area contributed by atoms with Crippen LogP contribution in [0.3, 0.4) is 0 Å². The first-order chi connectivity index (χ1) is 10.0. The zero-order valence-corrected chi connectivity index (χ0v) is 13.8. The van der Waals surface area contributed by atoms with E-state index >= 15 is 0 Å². The monoisotopic (exact) mass is 310 g/mol. The predicted octanol–water partition coefficient (Wildman–Crippen LogP) is 2.80. The van der Waals surface area contributed by atoms with E-state index in [2.05, 4.69) is 0 Å². The highest BCUT2D eigenvalue weighted by Gasteiger charge is 2.31. The van der Waals surface area contributed by atoms with E-state index in [9.17, 15) is 8.42 Å². The molecule has 1 saturated carbocycles. The second-order valence-corrected chi connectivity index (χ2v) is 7.68. The minimum Gasteiger partial charge on any atom is -0.326 e. The second kappa shape index (κ2) is 6.90. The highest BCUT2D eigenvalue weighted by atomic mass is 32.2. The summed E-state index contributed by atoms with van der Waals surface area (Å²) >= 11 is 0. The number of benzene rings is 1. The van der Waals surface area contributed by atoms with Crippen molar-refractivity contribution in [2.45, 2.75) is 63.4 Å². The molecule has 1 aromatic rings. The van der Waals surface area contributed by atoms with E-state index in [4.69, 9.17) is 5.73 Å². The van der Waals surface area contributed by atoms with Crippen LogP contribution in [0.4, 0.5) is 0 Å². The Bertz CT molecular complexity index is 578. The van der Waals surface area contributed by atoms with Gasteiger partial charge in [-0.2, -0.15) is 4.31 Å². The zero-order chi connectivity index (χ0) is 15.5. The smallest absolute Gasteiger partial charge is 0.243 e. The lowest BCUT2D eigenvalue weighted by Gasteiger charge is -2.32. The van der Waals surface area contributed by atoms with Crippen LogP contribution in [-0.4, -0.2) is 25.3 Å². The molecule has 0 saturated heterocycles. The summed E-state index contributed by atoms with van der Waals surface area (Å²) in [5, 5.41) is 0. The number of hydrogen-bond donors (Lipinski definition) is 1. The van der Waals surface area contributed by atoms with Crippen molar-refractivity contribution in [3.63, 3.8) is 0 Å². The van der Waals surface area contributed by atoms with Gasteiger partial charge in [0, 0.05) is 19.1 Å². The summed E-state index contributed by atoms with van der Waals surface area (Å²) in [4.78, 5) is 0.393. The van der Waals surface area contributed by atoms with E-state index in [0.717, 1.165) is 36.8 Å². The van der Waals surface area contributed by atoms with E-state index in [-0.39, 0.29) is 6.04 Å². The van der Waals surface area contributed by atoms with Gasteiger partial charge in [-0.1, -0.05) is 32.3 Å². The Labute approximate surface area is 128 Å². The third-order valence-electron chi connectivity index (χ3n) is 4.43. The number of rotatable bonds is 5. The molecule has 1 aliphatic carbocycles. The standard InChI is InChI=1S/C16H26N2O2S/c1-3-18(15-7-5-4-6-8-15)21(19,20)16-10-9-14(12-17)13(2)11-16/h9-11,15H,3-8,12,17H2,1-2H3. The average molecular weight is 310 g/mol. The van der Waals surface area contributed by atoms with Crippen LogP contribution >= 0.6 is 0 Å². The fraction of sp³-hybridized carbons (Fsp3) is 0.625. The lowest BCUT2D eigenvalue weighted by atomic mass is 9.95. The first-order valence-electron chi connectivity index (χ1n) is 7.82. The summed E-state index contributed by atoms with van der Waals surface area (Å²) in [6.07, 6.45) is 5.43. The highest BCUT2D eigenvalue weighted by Crippen LogP contribution is 2.28. The first kappa shape index (κ1) is 16.5. The Morgan fingerprint density at radius 1 is 1.24 bits per heavy atom. The maximum atomic E-state index is 12.9. The molecule has 0 radical (unpaired) electrons. The Morgan fingerprint density at radius 3 is 2.43 bits per heavy atom. The Kier molecular flexibility index (Phi) is 5.41. The maximum absolute atomic E-state index is 12.9. The number of nitrogens with zero attached hydrogens (tertiary/aromatic N) is 1. The van der Waals surface area contributed by atoms with Crippen LogP contribution in [0.15, 0.2) is 23.1 Å². The van der Waals surface area contributed by atoms with Gasteiger partial charge in [0.1, 0.15) is 0 Å². The van der Waals surface area contributed by atoms with Crippen molar-refractivity contribution in [2.75, 3.05) is 6.54 Å². The van der Waals surface area contributed by atoms with E-state index in [1.54, 1.807) is 16.4 Å². The minimum absolute atomic E-state index is 0.156. The predicted molar refractivity (Wildman–Crippen MR) is 85.5 cm³/mol. The lowest BCUT2D eigenvalue weighted by Crippen LogP contribution is -2.41. The largest absolute Gasteiger partial charge is 0.326 e. The molecule has 2 rings (SSSR count). The van der Waals surface area contributed by atoms with E-state index < -0.39 is 10.0 Å². The van der Waals surface area contributed by atoms with Crippen LogP contribution in [0.1, 0.15) is 50.2 Å². The van der Waals surface area contributed by atoms with Gasteiger partial charge < -0.3 is 5.73 Å². The van der Waals surface area contributed by atoms with Gasteiger partial charge in [0.15, 0.2) is 0 Å². The Morgan fingerprint density at radius 2 is 1.90 bits per heavy atom. The molecule has 2 N–H and O–H groups in total. The van der Waals surface area contributed by atoms with Crippen molar-refractivity contribution in [2.24, 2.45) is 5.73 Å². The topological polar surface area (TPSA) is 63.4 Å². The van der Waals surface area contributed by atoms with Crippen molar-refractivity contribution in [1.82, 2.24) is 4.31 Å². The van der Waals surface area contributed by atoms with Crippen LogP contribution in [0.25, 0.3) is 0 Å². The van der Waals surface area contributed by atoms with Crippen molar-refractivity contribution >= 4 is 10.0 Å². The molecule has 0 unspecified atom stereocenters. The van der Waals surface area contributed by atoms with E-state index in [1.165, 1.54) is 6.42 Å². The SMILES string of the molecule is CCN(C1CCCCC1)S(=O)(=O)c1ccc(CN)c(C)c1. The van der Waals surface area contributed by atoms with Crippen LogP contribution in [-0.2, 0) is 16.6 Å². The maximum Gasteiger partial charge on any atom is 0.243 e. The normalized spacial score (nSPS) is 17.3. The molecule has 0 spiro atoms.